The number of benzene rings is 3. The van der Waals surface area contributed by atoms with Crippen molar-refractivity contribution < 1.29 is 23.9 Å². The number of halogens is 1. The van der Waals surface area contributed by atoms with E-state index in [1.165, 1.54) is 6.42 Å². The topological polar surface area (TPSA) is 88.2 Å². The van der Waals surface area contributed by atoms with E-state index < -0.39 is 11.7 Å². The number of carbonyl (C=O) groups excluding carboxylic acids is 3. The molecule has 2 aliphatic rings. The van der Waals surface area contributed by atoms with Gasteiger partial charge in [-0.2, -0.15) is 0 Å². The molecule has 0 spiro atoms. The number of anilines is 1. The number of amides is 3. The molecule has 5 rings (SSSR count). The molecule has 1 fully saturated rings. The van der Waals surface area contributed by atoms with E-state index in [-0.39, 0.29) is 43.6 Å². The number of nitrogens with one attached hydrogen (secondary N) is 1. The Morgan fingerprint density at radius 1 is 1.05 bits per heavy atom. The van der Waals surface area contributed by atoms with E-state index >= 15 is 0 Å². The molecule has 0 radical (unpaired) electrons. The molecule has 1 N–H and O–H groups in total. The molecule has 1 aliphatic heterocycles. The molecular formula is C35H40BrN3O5. The molecule has 1 atom stereocenters. The number of alkyl carbamates (subject to hydrolysis) is 1. The first kappa shape index (κ1) is 31.6. The second kappa shape index (κ2) is 13.8. The summed E-state index contributed by atoms with van der Waals surface area (Å²) in [6.07, 6.45) is 4.82. The summed E-state index contributed by atoms with van der Waals surface area (Å²) in [7, 11) is 0. The zero-order valence-electron chi connectivity index (χ0n) is 25.6. The van der Waals surface area contributed by atoms with Crippen LogP contribution in [-0.2, 0) is 21.7 Å². The molecule has 3 aromatic rings. The lowest BCUT2D eigenvalue weighted by Crippen LogP contribution is -2.54. The van der Waals surface area contributed by atoms with Crippen LogP contribution in [-0.4, -0.2) is 48.0 Å². The van der Waals surface area contributed by atoms with E-state index in [0.29, 0.717) is 27.0 Å². The molecule has 1 heterocycles. The summed E-state index contributed by atoms with van der Waals surface area (Å²) in [5.41, 5.74) is 1.24. The van der Waals surface area contributed by atoms with Crippen LogP contribution in [0.15, 0.2) is 77.3 Å². The maximum absolute atomic E-state index is 14.2. The highest BCUT2D eigenvalue weighted by Gasteiger charge is 2.46. The molecule has 8 nitrogen and oxygen atoms in total. The second-order valence-corrected chi connectivity index (χ2v) is 12.7. The summed E-state index contributed by atoms with van der Waals surface area (Å²) in [4.78, 5) is 44.4. The van der Waals surface area contributed by atoms with Gasteiger partial charge in [-0.3, -0.25) is 9.59 Å². The highest BCUT2D eigenvalue weighted by Crippen LogP contribution is 2.45. The molecule has 3 aromatic carbocycles. The van der Waals surface area contributed by atoms with Gasteiger partial charge in [-0.05, 0) is 67.2 Å². The third kappa shape index (κ3) is 6.78. The average molecular weight is 663 g/mol. The third-order valence-electron chi connectivity index (χ3n) is 8.44. The summed E-state index contributed by atoms with van der Waals surface area (Å²) in [5, 5.41) is 2.76. The first-order valence-electron chi connectivity index (χ1n) is 15.4. The summed E-state index contributed by atoms with van der Waals surface area (Å²) < 4.78 is 12.4. The van der Waals surface area contributed by atoms with Crippen molar-refractivity contribution in [2.75, 3.05) is 18.0 Å². The monoisotopic (exact) mass is 661 g/mol. The molecule has 0 aromatic heterocycles. The van der Waals surface area contributed by atoms with E-state index in [9.17, 15) is 14.4 Å². The maximum Gasteiger partial charge on any atom is 0.407 e. The zero-order valence-corrected chi connectivity index (χ0v) is 27.1. The number of carbonyl (C=O) groups is 3. The Bertz CT molecular complexity index is 1480. The van der Waals surface area contributed by atoms with Crippen LogP contribution in [0.2, 0.25) is 0 Å². The highest BCUT2D eigenvalue weighted by atomic mass is 79.9. The Balaban J connectivity index is 1.42. The van der Waals surface area contributed by atoms with Gasteiger partial charge in [0.05, 0.1) is 11.3 Å². The number of hydrogen-bond acceptors (Lipinski definition) is 5. The molecule has 1 unspecified atom stereocenters. The molecule has 232 valence electrons. The van der Waals surface area contributed by atoms with Crippen molar-refractivity contribution >= 4 is 39.5 Å². The first-order valence-corrected chi connectivity index (χ1v) is 16.2. The normalized spacial score (nSPS) is 18.4. The Morgan fingerprint density at radius 3 is 2.36 bits per heavy atom. The molecule has 0 saturated heterocycles. The van der Waals surface area contributed by atoms with Crippen molar-refractivity contribution in [3.8, 4) is 5.75 Å². The van der Waals surface area contributed by atoms with Crippen LogP contribution in [0.1, 0.15) is 74.4 Å². The van der Waals surface area contributed by atoms with Gasteiger partial charge in [0.2, 0.25) is 5.60 Å². The SMILES string of the molecule is CC(C)N(C(=O)c1cc2c(cc1Br)OC(C)(c1ccccc1)C(=O)N2CCNC(=O)OCc1ccccc1)C1CCCCC1. The van der Waals surface area contributed by atoms with Crippen molar-refractivity contribution in [1.29, 1.82) is 0 Å². The van der Waals surface area contributed by atoms with E-state index in [1.54, 1.807) is 24.0 Å². The molecule has 1 saturated carbocycles. The van der Waals surface area contributed by atoms with Crippen LogP contribution < -0.4 is 15.0 Å². The standard InChI is InChI=1S/C35H40BrN3O5/c1-24(2)39(27-17-11-6-12-18-27)32(40)28-21-30-31(22-29(28)36)44-35(3,26-15-9-5-10-16-26)33(41)38(30)20-19-37-34(42)43-23-25-13-7-4-8-14-25/h4-5,7-10,13-16,21-22,24,27H,6,11-12,17-20,23H2,1-3H3,(H,37,42). The van der Waals surface area contributed by atoms with E-state index in [1.807, 2.05) is 79.4 Å². The Morgan fingerprint density at radius 2 is 1.70 bits per heavy atom. The first-order chi connectivity index (χ1) is 21.2. The highest BCUT2D eigenvalue weighted by molar-refractivity contribution is 9.10. The summed E-state index contributed by atoms with van der Waals surface area (Å²) >= 11 is 3.65. The van der Waals surface area contributed by atoms with Crippen LogP contribution in [0.25, 0.3) is 0 Å². The minimum atomic E-state index is -1.31. The lowest BCUT2D eigenvalue weighted by molar-refractivity contribution is -0.135. The van der Waals surface area contributed by atoms with Gasteiger partial charge in [0.1, 0.15) is 12.4 Å². The quantitative estimate of drug-likeness (QED) is 0.262. The van der Waals surface area contributed by atoms with Crippen molar-refractivity contribution in [3.63, 3.8) is 0 Å². The van der Waals surface area contributed by atoms with Gasteiger partial charge in [-0.1, -0.05) is 79.9 Å². The number of rotatable bonds is 9. The molecule has 3 amide bonds. The average Bonchev–Trinajstić information content (AvgIpc) is 3.03. The molecule has 44 heavy (non-hydrogen) atoms. The third-order valence-corrected chi connectivity index (χ3v) is 9.09. The summed E-state index contributed by atoms with van der Waals surface area (Å²) in [5.74, 6) is 0.108. The molecular weight excluding hydrogens is 622 g/mol. The Kier molecular flexibility index (Phi) is 9.93. The van der Waals surface area contributed by atoms with Crippen molar-refractivity contribution in [2.24, 2.45) is 0 Å². The molecule has 9 heteroatoms. The maximum atomic E-state index is 14.2. The lowest BCUT2D eigenvalue weighted by atomic mass is 9.91. The fourth-order valence-electron chi connectivity index (χ4n) is 6.16. The zero-order chi connectivity index (χ0) is 31.3. The fraction of sp³-hybridized carbons (Fsp3) is 0.400. The van der Waals surface area contributed by atoms with E-state index in [4.69, 9.17) is 9.47 Å². The summed E-state index contributed by atoms with van der Waals surface area (Å²) in [6.45, 7) is 6.29. The van der Waals surface area contributed by atoms with Gasteiger partial charge in [0.15, 0.2) is 0 Å². The van der Waals surface area contributed by atoms with Crippen molar-refractivity contribution in [1.82, 2.24) is 10.2 Å². The van der Waals surface area contributed by atoms with Crippen LogP contribution in [0, 0.1) is 0 Å². The van der Waals surface area contributed by atoms with Gasteiger partial charge in [0, 0.05) is 35.2 Å². The number of fused-ring (bicyclic) bond motifs is 1. The largest absolute Gasteiger partial charge is 0.471 e. The van der Waals surface area contributed by atoms with Crippen LogP contribution in [0.4, 0.5) is 10.5 Å². The van der Waals surface area contributed by atoms with E-state index in [2.05, 4.69) is 21.2 Å². The van der Waals surface area contributed by atoms with Crippen molar-refractivity contribution in [3.05, 3.63) is 94.0 Å². The van der Waals surface area contributed by atoms with Gasteiger partial charge >= 0.3 is 6.09 Å². The van der Waals surface area contributed by atoms with Crippen LogP contribution in [0.3, 0.4) is 0 Å². The predicted molar refractivity (Wildman–Crippen MR) is 174 cm³/mol. The minimum absolute atomic E-state index is 0.0231. The molecule has 0 bridgehead atoms. The Hall–Kier alpha value is -3.85. The number of nitrogens with zero attached hydrogens (tertiary/aromatic N) is 2. The predicted octanol–water partition coefficient (Wildman–Crippen LogP) is 7.20. The van der Waals surface area contributed by atoms with Gasteiger partial charge in [-0.25, -0.2) is 4.79 Å². The van der Waals surface area contributed by atoms with Gasteiger partial charge in [0.25, 0.3) is 11.8 Å². The summed E-state index contributed by atoms with van der Waals surface area (Å²) in [6, 6.07) is 22.5. The minimum Gasteiger partial charge on any atom is -0.471 e. The van der Waals surface area contributed by atoms with E-state index in [0.717, 1.165) is 31.2 Å². The van der Waals surface area contributed by atoms with Crippen LogP contribution >= 0.6 is 15.9 Å². The van der Waals surface area contributed by atoms with Crippen molar-refractivity contribution in [2.45, 2.75) is 77.2 Å². The fourth-order valence-corrected chi connectivity index (χ4v) is 6.65. The molecule has 1 aliphatic carbocycles. The van der Waals surface area contributed by atoms with Gasteiger partial charge < -0.3 is 24.6 Å². The second-order valence-electron chi connectivity index (χ2n) is 11.8. The Labute approximate surface area is 267 Å². The smallest absolute Gasteiger partial charge is 0.407 e. The lowest BCUT2D eigenvalue weighted by Gasteiger charge is -2.42. The number of hydrogen-bond donors (Lipinski definition) is 1. The van der Waals surface area contributed by atoms with Gasteiger partial charge in [-0.15, -0.1) is 0 Å². The van der Waals surface area contributed by atoms with Crippen LogP contribution in [0.5, 0.6) is 5.75 Å². The number of ether oxygens (including phenoxy) is 2.